The lowest BCUT2D eigenvalue weighted by Gasteiger charge is -2.34. The number of fused-ring (bicyclic) bond motifs is 1. The summed E-state index contributed by atoms with van der Waals surface area (Å²) in [7, 11) is 5.77. The quantitative estimate of drug-likeness (QED) is 0.490. The van der Waals surface area contributed by atoms with Gasteiger partial charge in [-0.2, -0.15) is 0 Å². The van der Waals surface area contributed by atoms with Gasteiger partial charge in [0.1, 0.15) is 17.4 Å². The van der Waals surface area contributed by atoms with Crippen LogP contribution in [0, 0.1) is 0 Å². The van der Waals surface area contributed by atoms with Gasteiger partial charge in [0.2, 0.25) is 0 Å². The number of anilines is 1. The van der Waals surface area contributed by atoms with Crippen molar-refractivity contribution in [3.05, 3.63) is 59.9 Å². The summed E-state index contributed by atoms with van der Waals surface area (Å²) >= 11 is 0. The van der Waals surface area contributed by atoms with Gasteiger partial charge in [0, 0.05) is 38.1 Å². The Balaban J connectivity index is 1.40. The molecule has 1 amide bonds. The molecule has 1 aromatic heterocycles. The van der Waals surface area contributed by atoms with Crippen LogP contribution in [0.3, 0.4) is 0 Å². The number of methoxy groups -OCH3 is 1. The molecule has 8 heteroatoms. The molecule has 3 aromatic rings. The smallest absolute Gasteiger partial charge is 0.257 e. The van der Waals surface area contributed by atoms with Gasteiger partial charge in [-0.25, -0.2) is 9.97 Å². The van der Waals surface area contributed by atoms with E-state index < -0.39 is 0 Å². The van der Waals surface area contributed by atoms with Crippen LogP contribution < -0.4 is 10.1 Å². The largest absolute Gasteiger partial charge is 0.496 e. The molecule has 180 valence electrons. The van der Waals surface area contributed by atoms with E-state index in [0.29, 0.717) is 30.9 Å². The van der Waals surface area contributed by atoms with Crippen LogP contribution in [0.5, 0.6) is 5.75 Å². The third-order valence-electron chi connectivity index (χ3n) is 6.09. The Hall–Kier alpha value is -3.23. The number of hydrogen-bond donors (Lipinski definition) is 1. The van der Waals surface area contributed by atoms with Crippen LogP contribution in [0.15, 0.2) is 48.5 Å². The van der Waals surface area contributed by atoms with Crippen molar-refractivity contribution < 1.29 is 9.53 Å². The first kappa shape index (κ1) is 23.9. The molecule has 1 aliphatic heterocycles. The first-order valence-electron chi connectivity index (χ1n) is 11.8. The highest BCUT2D eigenvalue weighted by molar-refractivity contribution is 5.97. The normalized spacial score (nSPS) is 14.5. The fourth-order valence-electron chi connectivity index (χ4n) is 4.23. The van der Waals surface area contributed by atoms with E-state index in [1.807, 2.05) is 47.4 Å². The van der Waals surface area contributed by atoms with E-state index >= 15 is 0 Å². The van der Waals surface area contributed by atoms with Crippen LogP contribution in [0.4, 0.5) is 5.82 Å². The summed E-state index contributed by atoms with van der Waals surface area (Å²) in [4.78, 5) is 29.1. The standard InChI is InChI=1S/C26H34N6O2/c1-30(2)14-8-13-27-25-20-9-4-6-11-22(20)28-24(29-25)19-31-15-17-32(18-16-31)26(33)21-10-5-7-12-23(21)34-3/h4-7,9-12H,8,13-19H2,1-3H3,(H,27,28,29). The second-order valence-corrected chi connectivity index (χ2v) is 8.86. The van der Waals surface area contributed by atoms with E-state index in [-0.39, 0.29) is 5.91 Å². The molecule has 0 unspecified atom stereocenters. The zero-order valence-corrected chi connectivity index (χ0v) is 20.3. The van der Waals surface area contributed by atoms with Crippen molar-refractivity contribution in [3.8, 4) is 5.75 Å². The summed E-state index contributed by atoms with van der Waals surface area (Å²) in [5.41, 5.74) is 1.56. The number of para-hydroxylation sites is 2. The van der Waals surface area contributed by atoms with Crippen LogP contribution in [0.25, 0.3) is 10.9 Å². The van der Waals surface area contributed by atoms with Crippen LogP contribution in [-0.2, 0) is 6.54 Å². The topological polar surface area (TPSA) is 73.8 Å². The number of benzene rings is 2. The third kappa shape index (κ3) is 5.81. The van der Waals surface area contributed by atoms with E-state index in [1.54, 1.807) is 7.11 Å². The second kappa shape index (κ2) is 11.3. The molecule has 0 radical (unpaired) electrons. The van der Waals surface area contributed by atoms with E-state index in [1.165, 1.54) is 0 Å². The molecular weight excluding hydrogens is 428 g/mol. The maximum atomic E-state index is 13.0. The Kier molecular flexibility index (Phi) is 7.92. The van der Waals surface area contributed by atoms with E-state index in [0.717, 1.165) is 55.1 Å². The van der Waals surface area contributed by atoms with Crippen molar-refractivity contribution in [2.24, 2.45) is 0 Å². The Morgan fingerprint density at radius 3 is 2.53 bits per heavy atom. The van der Waals surface area contributed by atoms with E-state index in [2.05, 4.69) is 35.3 Å². The fraction of sp³-hybridized carbons (Fsp3) is 0.423. The number of hydrogen-bond acceptors (Lipinski definition) is 7. The molecule has 1 fully saturated rings. The summed E-state index contributed by atoms with van der Waals surface area (Å²) in [6, 6.07) is 15.5. The molecular formula is C26H34N6O2. The van der Waals surface area contributed by atoms with Gasteiger partial charge in [-0.15, -0.1) is 0 Å². The van der Waals surface area contributed by atoms with Gasteiger partial charge in [-0.05, 0) is 51.3 Å². The van der Waals surface area contributed by atoms with Crippen molar-refractivity contribution >= 4 is 22.6 Å². The number of amides is 1. The van der Waals surface area contributed by atoms with Crippen LogP contribution in [0.1, 0.15) is 22.6 Å². The Morgan fingerprint density at radius 1 is 1.03 bits per heavy atom. The molecule has 34 heavy (non-hydrogen) atoms. The first-order chi connectivity index (χ1) is 16.5. The molecule has 1 saturated heterocycles. The number of carbonyl (C=O) groups excluding carboxylic acids is 1. The number of ether oxygens (including phenoxy) is 1. The van der Waals surface area contributed by atoms with Gasteiger partial charge in [-0.1, -0.05) is 24.3 Å². The number of rotatable bonds is 9. The maximum absolute atomic E-state index is 13.0. The highest BCUT2D eigenvalue weighted by Crippen LogP contribution is 2.22. The first-order valence-corrected chi connectivity index (χ1v) is 11.8. The van der Waals surface area contributed by atoms with Gasteiger partial charge in [0.25, 0.3) is 5.91 Å². The van der Waals surface area contributed by atoms with E-state index in [9.17, 15) is 4.79 Å². The van der Waals surface area contributed by atoms with Crippen molar-refractivity contribution in [2.45, 2.75) is 13.0 Å². The Bertz CT molecular complexity index is 1110. The van der Waals surface area contributed by atoms with Gasteiger partial charge >= 0.3 is 0 Å². The van der Waals surface area contributed by atoms with Gasteiger partial charge < -0.3 is 19.9 Å². The minimum atomic E-state index is 0.0169. The Morgan fingerprint density at radius 2 is 1.76 bits per heavy atom. The van der Waals surface area contributed by atoms with Crippen LogP contribution in [-0.4, -0.2) is 91.0 Å². The zero-order chi connectivity index (χ0) is 23.9. The molecule has 0 atom stereocenters. The Labute approximate surface area is 201 Å². The van der Waals surface area contributed by atoms with Gasteiger partial charge in [-0.3, -0.25) is 9.69 Å². The lowest BCUT2D eigenvalue weighted by molar-refractivity contribution is 0.0622. The van der Waals surface area contributed by atoms with Crippen molar-refractivity contribution in [1.29, 1.82) is 0 Å². The number of aromatic nitrogens is 2. The molecule has 4 rings (SSSR count). The molecule has 1 aliphatic rings. The second-order valence-electron chi connectivity index (χ2n) is 8.86. The number of nitrogens with zero attached hydrogens (tertiary/aromatic N) is 5. The number of nitrogens with one attached hydrogen (secondary N) is 1. The monoisotopic (exact) mass is 462 g/mol. The molecule has 0 spiro atoms. The van der Waals surface area contributed by atoms with Crippen molar-refractivity contribution in [1.82, 2.24) is 24.7 Å². The summed E-state index contributed by atoms with van der Waals surface area (Å²) < 4.78 is 5.37. The molecule has 1 N–H and O–H groups in total. The minimum Gasteiger partial charge on any atom is -0.496 e. The van der Waals surface area contributed by atoms with Crippen LogP contribution >= 0.6 is 0 Å². The lowest BCUT2D eigenvalue weighted by atomic mass is 10.1. The highest BCUT2D eigenvalue weighted by Gasteiger charge is 2.24. The van der Waals surface area contributed by atoms with Gasteiger partial charge in [0.15, 0.2) is 0 Å². The molecule has 0 aliphatic carbocycles. The summed E-state index contributed by atoms with van der Waals surface area (Å²) in [5, 5.41) is 4.56. The zero-order valence-electron chi connectivity index (χ0n) is 20.3. The lowest BCUT2D eigenvalue weighted by Crippen LogP contribution is -2.48. The molecule has 2 aromatic carbocycles. The number of piperazine rings is 1. The molecule has 8 nitrogen and oxygen atoms in total. The van der Waals surface area contributed by atoms with E-state index in [4.69, 9.17) is 14.7 Å². The van der Waals surface area contributed by atoms with Crippen molar-refractivity contribution in [2.75, 3.05) is 65.8 Å². The highest BCUT2D eigenvalue weighted by atomic mass is 16.5. The fourth-order valence-corrected chi connectivity index (χ4v) is 4.23. The predicted molar refractivity (Wildman–Crippen MR) is 135 cm³/mol. The summed E-state index contributed by atoms with van der Waals surface area (Å²) in [5.74, 6) is 2.33. The molecule has 2 heterocycles. The van der Waals surface area contributed by atoms with Gasteiger partial charge in [0.05, 0.1) is 24.7 Å². The predicted octanol–water partition coefficient (Wildman–Crippen LogP) is 2.96. The summed E-state index contributed by atoms with van der Waals surface area (Å²) in [6.45, 7) is 5.45. The number of carbonyl (C=O) groups is 1. The summed E-state index contributed by atoms with van der Waals surface area (Å²) in [6.07, 6.45) is 1.04. The minimum absolute atomic E-state index is 0.0169. The maximum Gasteiger partial charge on any atom is 0.257 e. The third-order valence-corrected chi connectivity index (χ3v) is 6.09. The molecule has 0 bridgehead atoms. The average Bonchev–Trinajstić information content (AvgIpc) is 2.86. The van der Waals surface area contributed by atoms with Crippen LogP contribution in [0.2, 0.25) is 0 Å². The van der Waals surface area contributed by atoms with Crippen molar-refractivity contribution in [3.63, 3.8) is 0 Å². The molecule has 0 saturated carbocycles. The average molecular weight is 463 g/mol. The SMILES string of the molecule is COc1ccccc1C(=O)N1CCN(Cc2nc(NCCCN(C)C)c3ccccc3n2)CC1.